The van der Waals surface area contributed by atoms with Gasteiger partial charge in [0.1, 0.15) is 0 Å². The van der Waals surface area contributed by atoms with Gasteiger partial charge < -0.3 is 15.1 Å². The normalized spacial score (nSPS) is 18.4. The lowest BCUT2D eigenvalue weighted by atomic mass is 10.1. The Hall–Kier alpha value is -2.14. The number of carbonyl (C=O) groups excluding carboxylic acids is 1. The molecule has 0 aliphatic carbocycles. The molecule has 1 aromatic heterocycles. The molecule has 1 atom stereocenters. The number of hydrogen-bond acceptors (Lipinski definition) is 4. The summed E-state index contributed by atoms with van der Waals surface area (Å²) in [6.07, 6.45) is 2.08. The smallest absolute Gasteiger partial charge is 0.289 e. The van der Waals surface area contributed by atoms with Crippen LogP contribution in [0.1, 0.15) is 29.1 Å². The minimum Gasteiger partial charge on any atom is -0.431 e. The number of benzene rings is 1. The van der Waals surface area contributed by atoms with E-state index < -0.39 is 0 Å². The molecule has 5 nitrogen and oxygen atoms in total. The van der Waals surface area contributed by atoms with Crippen LogP contribution in [-0.2, 0) is 0 Å². The lowest BCUT2D eigenvalue weighted by Gasteiger charge is -2.23. The molecule has 0 spiro atoms. The Labute approximate surface area is 123 Å². The Morgan fingerprint density at radius 2 is 2.19 bits per heavy atom. The number of oxazole rings is 1. The topological polar surface area (TPSA) is 67.2 Å². The van der Waals surface area contributed by atoms with E-state index in [1.807, 2.05) is 30.3 Å². The van der Waals surface area contributed by atoms with E-state index in [2.05, 4.69) is 15.6 Å². The van der Waals surface area contributed by atoms with Gasteiger partial charge in [-0.05, 0) is 38.4 Å². The van der Waals surface area contributed by atoms with Crippen LogP contribution in [-0.4, -0.2) is 30.0 Å². The van der Waals surface area contributed by atoms with Gasteiger partial charge in [-0.25, -0.2) is 4.98 Å². The number of nitrogens with one attached hydrogen (secondary N) is 2. The van der Waals surface area contributed by atoms with Gasteiger partial charge in [-0.15, -0.1) is 0 Å². The summed E-state index contributed by atoms with van der Waals surface area (Å²) in [4.78, 5) is 16.7. The van der Waals surface area contributed by atoms with Gasteiger partial charge in [-0.1, -0.05) is 18.2 Å². The van der Waals surface area contributed by atoms with Crippen molar-refractivity contribution < 1.29 is 9.21 Å². The van der Waals surface area contributed by atoms with Crippen LogP contribution < -0.4 is 10.6 Å². The van der Waals surface area contributed by atoms with Crippen LogP contribution in [0.15, 0.2) is 34.7 Å². The highest BCUT2D eigenvalue weighted by Gasteiger charge is 2.22. The molecule has 2 N–H and O–H groups in total. The van der Waals surface area contributed by atoms with Gasteiger partial charge in [0.05, 0.1) is 5.69 Å². The van der Waals surface area contributed by atoms with Crippen molar-refractivity contribution in [3.8, 4) is 11.5 Å². The van der Waals surface area contributed by atoms with Crippen molar-refractivity contribution in [1.82, 2.24) is 15.6 Å². The quantitative estimate of drug-likeness (QED) is 0.906. The number of rotatable bonds is 3. The van der Waals surface area contributed by atoms with Crippen LogP contribution in [0.25, 0.3) is 11.5 Å². The summed E-state index contributed by atoms with van der Waals surface area (Å²) in [6.45, 7) is 3.63. The molecule has 1 aromatic carbocycles. The summed E-state index contributed by atoms with van der Waals surface area (Å²) in [7, 11) is 0. The van der Waals surface area contributed by atoms with Crippen LogP contribution >= 0.6 is 0 Å². The van der Waals surface area contributed by atoms with Gasteiger partial charge in [0.15, 0.2) is 0 Å². The minimum absolute atomic E-state index is 0.163. The predicted molar refractivity (Wildman–Crippen MR) is 80.0 cm³/mol. The molecule has 0 unspecified atom stereocenters. The first-order valence-corrected chi connectivity index (χ1v) is 7.28. The molecule has 0 radical (unpaired) electrons. The second-order valence-corrected chi connectivity index (χ2v) is 5.32. The Bertz CT molecular complexity index is 616. The van der Waals surface area contributed by atoms with Crippen LogP contribution in [0.4, 0.5) is 0 Å². The van der Waals surface area contributed by atoms with Gasteiger partial charge in [0.25, 0.3) is 5.91 Å². The molecule has 1 fully saturated rings. The highest BCUT2D eigenvalue weighted by atomic mass is 16.4. The monoisotopic (exact) mass is 285 g/mol. The average molecular weight is 285 g/mol. The van der Waals surface area contributed by atoms with E-state index in [1.54, 1.807) is 6.92 Å². The van der Waals surface area contributed by atoms with Crippen molar-refractivity contribution in [3.05, 3.63) is 41.8 Å². The zero-order valence-corrected chi connectivity index (χ0v) is 12.1. The molecule has 1 aliphatic rings. The number of nitrogens with zero attached hydrogens (tertiary/aromatic N) is 1. The highest BCUT2D eigenvalue weighted by Crippen LogP contribution is 2.21. The number of hydrogen-bond donors (Lipinski definition) is 2. The van der Waals surface area contributed by atoms with Crippen molar-refractivity contribution in [1.29, 1.82) is 0 Å². The fourth-order valence-electron chi connectivity index (χ4n) is 2.54. The maximum Gasteiger partial charge on any atom is 0.289 e. The third-order valence-corrected chi connectivity index (χ3v) is 3.66. The summed E-state index contributed by atoms with van der Waals surface area (Å²) >= 11 is 0. The van der Waals surface area contributed by atoms with Crippen molar-refractivity contribution in [3.63, 3.8) is 0 Å². The molecule has 110 valence electrons. The first kappa shape index (κ1) is 13.8. The SMILES string of the molecule is Cc1nc(-c2ccccc2)oc1C(=O)N[C@H]1CCCNC1. The fraction of sp³-hybridized carbons (Fsp3) is 0.375. The molecular weight excluding hydrogens is 266 g/mol. The summed E-state index contributed by atoms with van der Waals surface area (Å²) < 4.78 is 5.66. The summed E-state index contributed by atoms with van der Waals surface area (Å²) in [6, 6.07) is 9.76. The van der Waals surface area contributed by atoms with Gasteiger partial charge in [-0.3, -0.25) is 4.79 Å². The Kier molecular flexibility index (Phi) is 4.01. The highest BCUT2D eigenvalue weighted by molar-refractivity contribution is 5.93. The third kappa shape index (κ3) is 3.13. The molecule has 1 saturated heterocycles. The molecule has 0 saturated carbocycles. The summed E-state index contributed by atoms with van der Waals surface area (Å²) in [5, 5.41) is 6.28. The lowest BCUT2D eigenvalue weighted by molar-refractivity contribution is 0.0902. The molecule has 1 aliphatic heterocycles. The fourth-order valence-corrected chi connectivity index (χ4v) is 2.54. The number of aromatic nitrogens is 1. The first-order chi connectivity index (χ1) is 10.2. The minimum atomic E-state index is -0.184. The standard InChI is InChI=1S/C16H19N3O2/c1-11-14(15(20)19-13-8-5-9-17-10-13)21-16(18-11)12-6-3-2-4-7-12/h2-4,6-7,13,17H,5,8-10H2,1H3,(H,19,20)/t13-/m0/s1. The Morgan fingerprint density at radius 3 is 2.90 bits per heavy atom. The van der Waals surface area contributed by atoms with Gasteiger partial charge >= 0.3 is 0 Å². The maximum atomic E-state index is 12.3. The largest absolute Gasteiger partial charge is 0.431 e. The maximum absolute atomic E-state index is 12.3. The van der Waals surface area contributed by atoms with Gasteiger partial charge in [-0.2, -0.15) is 0 Å². The molecule has 21 heavy (non-hydrogen) atoms. The predicted octanol–water partition coefficient (Wildman–Crippen LogP) is 2.13. The molecular formula is C16H19N3O2. The first-order valence-electron chi connectivity index (χ1n) is 7.28. The van der Waals surface area contributed by atoms with Crippen LogP contribution in [0.5, 0.6) is 0 Å². The summed E-state index contributed by atoms with van der Waals surface area (Å²) in [5.74, 6) is 0.607. The van der Waals surface area contributed by atoms with Crippen molar-refractivity contribution in [2.45, 2.75) is 25.8 Å². The Balaban J connectivity index is 1.76. The zero-order valence-electron chi connectivity index (χ0n) is 12.1. The summed E-state index contributed by atoms with van der Waals surface area (Å²) in [5.41, 5.74) is 1.49. The van der Waals surface area contributed by atoms with Crippen LogP contribution in [0.2, 0.25) is 0 Å². The van der Waals surface area contributed by atoms with E-state index in [9.17, 15) is 4.79 Å². The van der Waals surface area contributed by atoms with Crippen molar-refractivity contribution in [2.24, 2.45) is 0 Å². The molecule has 3 rings (SSSR count). The van der Waals surface area contributed by atoms with E-state index in [0.717, 1.165) is 31.5 Å². The molecule has 2 heterocycles. The van der Waals surface area contributed by atoms with Gasteiger partial charge in [0.2, 0.25) is 11.7 Å². The van der Waals surface area contributed by atoms with Crippen molar-refractivity contribution >= 4 is 5.91 Å². The molecule has 2 aromatic rings. The second kappa shape index (κ2) is 6.10. The average Bonchev–Trinajstić information content (AvgIpc) is 2.91. The van der Waals surface area contributed by atoms with Crippen molar-refractivity contribution in [2.75, 3.05) is 13.1 Å². The number of amides is 1. The van der Waals surface area contributed by atoms with Crippen LogP contribution in [0.3, 0.4) is 0 Å². The lowest BCUT2D eigenvalue weighted by Crippen LogP contribution is -2.45. The number of piperidine rings is 1. The Morgan fingerprint density at radius 1 is 1.38 bits per heavy atom. The van der Waals surface area contributed by atoms with Crippen LogP contribution in [0, 0.1) is 6.92 Å². The zero-order chi connectivity index (χ0) is 14.7. The van der Waals surface area contributed by atoms with E-state index in [0.29, 0.717) is 17.3 Å². The molecule has 5 heteroatoms. The van der Waals surface area contributed by atoms with Gasteiger partial charge in [0, 0.05) is 18.2 Å². The third-order valence-electron chi connectivity index (χ3n) is 3.66. The second-order valence-electron chi connectivity index (χ2n) is 5.32. The number of aryl methyl sites for hydroxylation is 1. The van der Waals surface area contributed by atoms with E-state index >= 15 is 0 Å². The molecule has 0 bridgehead atoms. The van der Waals surface area contributed by atoms with E-state index in [4.69, 9.17) is 4.42 Å². The number of carbonyl (C=O) groups is 1. The van der Waals surface area contributed by atoms with E-state index in [1.165, 1.54) is 0 Å². The molecule has 1 amide bonds. The van der Waals surface area contributed by atoms with E-state index in [-0.39, 0.29) is 11.9 Å².